The highest BCUT2D eigenvalue weighted by Crippen LogP contribution is 2.15. The minimum Gasteiger partial charge on any atom is -0.468 e. The van der Waals surface area contributed by atoms with E-state index in [-0.39, 0.29) is 6.04 Å². The first-order valence-corrected chi connectivity index (χ1v) is 5.77. The molecule has 1 aromatic heterocycles. The van der Waals surface area contributed by atoms with Gasteiger partial charge in [0.25, 0.3) is 0 Å². The van der Waals surface area contributed by atoms with E-state index in [4.69, 9.17) is 4.42 Å². The Hall–Kier alpha value is -1.58. The lowest BCUT2D eigenvalue weighted by atomic mass is 10.1. The van der Waals surface area contributed by atoms with E-state index in [0.717, 1.165) is 11.3 Å². The molecule has 0 saturated heterocycles. The van der Waals surface area contributed by atoms with Crippen molar-refractivity contribution in [1.29, 1.82) is 0 Å². The van der Waals surface area contributed by atoms with Crippen LogP contribution in [0.4, 0.5) is 0 Å². The van der Waals surface area contributed by atoms with E-state index in [9.17, 15) is 5.11 Å². The molecule has 0 amide bonds. The molecular formula is C14H17NO2. The van der Waals surface area contributed by atoms with Crippen molar-refractivity contribution in [3.05, 3.63) is 60.1 Å². The first-order valence-electron chi connectivity index (χ1n) is 5.77. The minimum absolute atomic E-state index is 0.100. The molecule has 2 aromatic rings. The third-order valence-electron chi connectivity index (χ3n) is 2.77. The predicted molar refractivity (Wildman–Crippen MR) is 66.5 cm³/mol. The van der Waals surface area contributed by atoms with Gasteiger partial charge >= 0.3 is 0 Å². The van der Waals surface area contributed by atoms with Crippen LogP contribution in [0.15, 0.2) is 53.1 Å². The molecule has 0 bridgehead atoms. The fourth-order valence-electron chi connectivity index (χ4n) is 1.72. The summed E-state index contributed by atoms with van der Waals surface area (Å²) in [5.41, 5.74) is 0.923. The molecule has 0 aliphatic rings. The number of hydrogen-bond acceptors (Lipinski definition) is 3. The second-order valence-corrected chi connectivity index (χ2v) is 4.07. The summed E-state index contributed by atoms with van der Waals surface area (Å²) in [6.45, 7) is 2.52. The minimum atomic E-state index is -0.492. The zero-order valence-electron chi connectivity index (χ0n) is 9.84. The molecule has 1 unspecified atom stereocenters. The molecule has 0 radical (unpaired) electrons. The smallest absolute Gasteiger partial charge is 0.120 e. The molecule has 2 N–H and O–H groups in total. The first-order chi connectivity index (χ1) is 8.27. The fraction of sp³-hybridized carbons (Fsp3) is 0.286. The molecule has 1 aromatic carbocycles. The van der Waals surface area contributed by atoms with Crippen LogP contribution in [-0.4, -0.2) is 11.7 Å². The summed E-state index contributed by atoms with van der Waals surface area (Å²) in [6.07, 6.45) is 1.16. The maximum absolute atomic E-state index is 9.97. The van der Waals surface area contributed by atoms with Gasteiger partial charge in [0, 0.05) is 6.54 Å². The number of benzene rings is 1. The van der Waals surface area contributed by atoms with E-state index in [1.807, 2.05) is 49.4 Å². The Kier molecular flexibility index (Phi) is 3.96. The summed E-state index contributed by atoms with van der Waals surface area (Å²) >= 11 is 0. The number of furan rings is 1. The van der Waals surface area contributed by atoms with E-state index in [1.54, 1.807) is 6.26 Å². The van der Waals surface area contributed by atoms with E-state index in [0.29, 0.717) is 6.54 Å². The SMILES string of the molecule is C[C@@H](NCC(O)c1ccccc1)c1ccco1. The molecule has 0 saturated carbocycles. The Morgan fingerprint density at radius 2 is 1.94 bits per heavy atom. The molecule has 90 valence electrons. The number of rotatable bonds is 5. The molecule has 1 heterocycles. The zero-order valence-corrected chi connectivity index (χ0v) is 9.84. The standard InChI is InChI=1S/C14H17NO2/c1-11(14-8-5-9-17-14)15-10-13(16)12-6-3-2-4-7-12/h2-9,11,13,15-16H,10H2,1H3/t11-,13?/m1/s1. The lowest BCUT2D eigenvalue weighted by Crippen LogP contribution is -2.24. The number of aliphatic hydroxyl groups is 1. The third kappa shape index (κ3) is 3.19. The van der Waals surface area contributed by atoms with Crippen molar-refractivity contribution in [3.8, 4) is 0 Å². The van der Waals surface area contributed by atoms with Gasteiger partial charge in [-0.1, -0.05) is 30.3 Å². The molecule has 2 rings (SSSR count). The topological polar surface area (TPSA) is 45.4 Å². The summed E-state index contributed by atoms with van der Waals surface area (Å²) in [7, 11) is 0. The Morgan fingerprint density at radius 3 is 2.59 bits per heavy atom. The van der Waals surface area contributed by atoms with Crippen molar-refractivity contribution in [1.82, 2.24) is 5.32 Å². The van der Waals surface area contributed by atoms with Crippen molar-refractivity contribution in [2.24, 2.45) is 0 Å². The van der Waals surface area contributed by atoms with Crippen LogP contribution in [0.2, 0.25) is 0 Å². The maximum Gasteiger partial charge on any atom is 0.120 e. The third-order valence-corrected chi connectivity index (χ3v) is 2.77. The van der Waals surface area contributed by atoms with Gasteiger partial charge in [0.15, 0.2) is 0 Å². The Labute approximate surface area is 101 Å². The molecule has 0 spiro atoms. The van der Waals surface area contributed by atoms with Crippen LogP contribution in [0.5, 0.6) is 0 Å². The Balaban J connectivity index is 1.86. The van der Waals surface area contributed by atoms with Gasteiger partial charge in [0.1, 0.15) is 5.76 Å². The molecule has 0 aliphatic carbocycles. The quantitative estimate of drug-likeness (QED) is 0.831. The van der Waals surface area contributed by atoms with Crippen LogP contribution in [0.25, 0.3) is 0 Å². The largest absolute Gasteiger partial charge is 0.468 e. The van der Waals surface area contributed by atoms with E-state index >= 15 is 0 Å². The molecule has 0 aliphatic heterocycles. The first kappa shape index (κ1) is 11.9. The lowest BCUT2D eigenvalue weighted by molar-refractivity contribution is 0.169. The normalized spacial score (nSPS) is 14.5. The van der Waals surface area contributed by atoms with Crippen LogP contribution in [0, 0.1) is 0 Å². The highest BCUT2D eigenvalue weighted by molar-refractivity contribution is 5.17. The summed E-state index contributed by atoms with van der Waals surface area (Å²) in [5, 5.41) is 13.2. The van der Waals surface area contributed by atoms with Gasteiger partial charge in [-0.15, -0.1) is 0 Å². The van der Waals surface area contributed by atoms with Crippen molar-refractivity contribution < 1.29 is 9.52 Å². The van der Waals surface area contributed by atoms with Gasteiger partial charge in [-0.3, -0.25) is 0 Å². The maximum atomic E-state index is 9.97. The monoisotopic (exact) mass is 231 g/mol. The molecule has 3 nitrogen and oxygen atoms in total. The van der Waals surface area contributed by atoms with Gasteiger partial charge in [0.05, 0.1) is 18.4 Å². The highest BCUT2D eigenvalue weighted by atomic mass is 16.3. The summed E-state index contributed by atoms with van der Waals surface area (Å²) < 4.78 is 5.29. The average molecular weight is 231 g/mol. The van der Waals surface area contributed by atoms with Gasteiger partial charge in [-0.2, -0.15) is 0 Å². The van der Waals surface area contributed by atoms with Crippen molar-refractivity contribution in [2.75, 3.05) is 6.54 Å². The van der Waals surface area contributed by atoms with Crippen LogP contribution in [-0.2, 0) is 0 Å². The Bertz CT molecular complexity index is 425. The second-order valence-electron chi connectivity index (χ2n) is 4.07. The number of nitrogens with one attached hydrogen (secondary N) is 1. The van der Waals surface area contributed by atoms with E-state index in [2.05, 4.69) is 5.32 Å². The van der Waals surface area contributed by atoms with Crippen molar-refractivity contribution in [2.45, 2.75) is 19.1 Å². The van der Waals surface area contributed by atoms with E-state index in [1.165, 1.54) is 0 Å². The van der Waals surface area contributed by atoms with Crippen LogP contribution in [0.3, 0.4) is 0 Å². The summed E-state index contributed by atoms with van der Waals surface area (Å²) in [6, 6.07) is 13.5. The van der Waals surface area contributed by atoms with Crippen LogP contribution >= 0.6 is 0 Å². The summed E-state index contributed by atoms with van der Waals surface area (Å²) in [4.78, 5) is 0. The van der Waals surface area contributed by atoms with Crippen LogP contribution < -0.4 is 5.32 Å². The number of aliphatic hydroxyl groups excluding tert-OH is 1. The molecule has 3 heteroatoms. The second kappa shape index (κ2) is 5.66. The van der Waals surface area contributed by atoms with Gasteiger partial charge in [-0.25, -0.2) is 0 Å². The van der Waals surface area contributed by atoms with Crippen molar-refractivity contribution in [3.63, 3.8) is 0 Å². The van der Waals surface area contributed by atoms with Crippen LogP contribution in [0.1, 0.15) is 30.4 Å². The molecular weight excluding hydrogens is 214 g/mol. The van der Waals surface area contributed by atoms with Gasteiger partial charge < -0.3 is 14.8 Å². The molecule has 0 fully saturated rings. The van der Waals surface area contributed by atoms with Crippen molar-refractivity contribution >= 4 is 0 Å². The fourth-order valence-corrected chi connectivity index (χ4v) is 1.72. The van der Waals surface area contributed by atoms with Gasteiger partial charge in [0.2, 0.25) is 0 Å². The lowest BCUT2D eigenvalue weighted by Gasteiger charge is -2.15. The van der Waals surface area contributed by atoms with Gasteiger partial charge in [-0.05, 0) is 24.6 Å². The zero-order chi connectivity index (χ0) is 12.1. The Morgan fingerprint density at radius 1 is 1.18 bits per heavy atom. The summed E-state index contributed by atoms with van der Waals surface area (Å²) in [5.74, 6) is 0.880. The predicted octanol–water partition coefficient (Wildman–Crippen LogP) is 2.66. The highest BCUT2D eigenvalue weighted by Gasteiger charge is 2.11. The molecule has 17 heavy (non-hydrogen) atoms. The van der Waals surface area contributed by atoms with E-state index < -0.39 is 6.10 Å². The number of hydrogen-bond donors (Lipinski definition) is 2. The average Bonchev–Trinajstić information content (AvgIpc) is 2.90. The molecule has 2 atom stereocenters.